The molecule has 2 unspecified atom stereocenters. The topological polar surface area (TPSA) is 0 Å². The standard InChI is InChI=1S/C12H18F4S2/c1-4-17-10(18-5-2)8-6-7-9(3)11(10,13)12(14,15)16/h6-7,9H,4-5,8H2,1-3H3. The Hall–Kier alpha value is 0.160. The highest BCUT2D eigenvalue weighted by atomic mass is 32.2. The van der Waals surface area contributed by atoms with Crippen LogP contribution in [0.25, 0.3) is 0 Å². The first-order valence-electron chi connectivity index (χ1n) is 5.95. The molecular weight excluding hydrogens is 284 g/mol. The molecule has 0 radical (unpaired) electrons. The molecule has 1 rings (SSSR count). The number of thioether (sulfide) groups is 2. The van der Waals surface area contributed by atoms with Gasteiger partial charge in [-0.05, 0) is 17.9 Å². The van der Waals surface area contributed by atoms with Crippen LogP contribution in [-0.2, 0) is 0 Å². The molecular formula is C12H18F4S2. The molecule has 0 aromatic heterocycles. The van der Waals surface area contributed by atoms with E-state index in [0.29, 0.717) is 11.5 Å². The number of hydrogen-bond donors (Lipinski definition) is 0. The van der Waals surface area contributed by atoms with E-state index in [4.69, 9.17) is 0 Å². The molecule has 18 heavy (non-hydrogen) atoms. The van der Waals surface area contributed by atoms with E-state index in [1.807, 2.05) is 0 Å². The average molecular weight is 302 g/mol. The monoisotopic (exact) mass is 302 g/mol. The van der Waals surface area contributed by atoms with Crippen LogP contribution in [0.15, 0.2) is 12.2 Å². The molecule has 0 spiro atoms. The van der Waals surface area contributed by atoms with Crippen LogP contribution in [-0.4, -0.2) is 27.4 Å². The molecule has 0 aromatic rings. The maximum atomic E-state index is 14.9. The molecule has 0 heterocycles. The second kappa shape index (κ2) is 5.65. The minimum atomic E-state index is -4.85. The molecule has 1 aliphatic rings. The van der Waals surface area contributed by atoms with Gasteiger partial charge < -0.3 is 0 Å². The van der Waals surface area contributed by atoms with Crippen molar-refractivity contribution in [2.45, 2.75) is 43.1 Å². The summed E-state index contributed by atoms with van der Waals surface area (Å²) in [6, 6.07) is 0. The molecule has 6 heteroatoms. The van der Waals surface area contributed by atoms with Crippen LogP contribution in [0.2, 0.25) is 0 Å². The van der Waals surface area contributed by atoms with Crippen LogP contribution >= 0.6 is 23.5 Å². The molecule has 0 aromatic carbocycles. The van der Waals surface area contributed by atoms with Crippen LogP contribution in [0.3, 0.4) is 0 Å². The average Bonchev–Trinajstić information content (AvgIpc) is 2.25. The summed E-state index contributed by atoms with van der Waals surface area (Å²) < 4.78 is 53.3. The van der Waals surface area contributed by atoms with E-state index in [-0.39, 0.29) is 6.42 Å². The first kappa shape index (κ1) is 16.2. The lowest BCUT2D eigenvalue weighted by molar-refractivity contribution is -0.246. The summed E-state index contributed by atoms with van der Waals surface area (Å²) >= 11 is 2.16. The summed E-state index contributed by atoms with van der Waals surface area (Å²) in [6.07, 6.45) is -1.70. The van der Waals surface area contributed by atoms with Crippen LogP contribution in [0, 0.1) is 5.92 Å². The lowest BCUT2D eigenvalue weighted by Gasteiger charge is -2.49. The molecule has 1 aliphatic carbocycles. The minimum absolute atomic E-state index is 0.115. The SMILES string of the molecule is CCSC1(SCC)CC=CC(C)C1(F)C(F)(F)F. The van der Waals surface area contributed by atoms with Crippen molar-refractivity contribution < 1.29 is 17.6 Å². The Morgan fingerprint density at radius 2 is 1.72 bits per heavy atom. The van der Waals surface area contributed by atoms with E-state index in [9.17, 15) is 17.6 Å². The van der Waals surface area contributed by atoms with E-state index >= 15 is 0 Å². The summed E-state index contributed by atoms with van der Waals surface area (Å²) in [7, 11) is 0. The Balaban J connectivity index is 3.31. The third-order valence-corrected chi connectivity index (χ3v) is 6.31. The second-order valence-corrected chi connectivity index (χ2v) is 7.63. The Kier molecular flexibility index (Phi) is 5.09. The molecule has 0 bridgehead atoms. The zero-order valence-corrected chi connectivity index (χ0v) is 12.3. The molecule has 0 amide bonds. The summed E-state index contributed by atoms with van der Waals surface area (Å²) in [5, 5.41) is 0. The molecule has 0 fully saturated rings. The summed E-state index contributed by atoms with van der Waals surface area (Å²) in [5.41, 5.74) is -3.17. The fourth-order valence-electron chi connectivity index (χ4n) is 2.37. The van der Waals surface area contributed by atoms with E-state index < -0.39 is 21.8 Å². The van der Waals surface area contributed by atoms with Gasteiger partial charge in [-0.25, -0.2) is 4.39 Å². The van der Waals surface area contributed by atoms with Crippen molar-refractivity contribution in [2.75, 3.05) is 11.5 Å². The van der Waals surface area contributed by atoms with Gasteiger partial charge in [0, 0.05) is 5.92 Å². The fraction of sp³-hybridized carbons (Fsp3) is 0.833. The Labute approximate surface area is 114 Å². The number of alkyl halides is 4. The van der Waals surface area contributed by atoms with E-state index in [1.54, 1.807) is 19.9 Å². The van der Waals surface area contributed by atoms with E-state index in [0.717, 1.165) is 23.5 Å². The zero-order chi connectivity index (χ0) is 14.0. The van der Waals surface area contributed by atoms with Crippen LogP contribution < -0.4 is 0 Å². The van der Waals surface area contributed by atoms with Crippen molar-refractivity contribution >= 4 is 23.5 Å². The van der Waals surface area contributed by atoms with Gasteiger partial charge in [0.2, 0.25) is 5.67 Å². The van der Waals surface area contributed by atoms with Gasteiger partial charge in [0.05, 0.1) is 0 Å². The predicted octanol–water partition coefficient (Wildman–Crippen LogP) is 5.06. The molecule has 2 atom stereocenters. The van der Waals surface area contributed by atoms with Gasteiger partial charge in [-0.1, -0.05) is 32.9 Å². The van der Waals surface area contributed by atoms with E-state index in [2.05, 4.69) is 0 Å². The normalized spacial score (nSPS) is 31.6. The van der Waals surface area contributed by atoms with Crippen LogP contribution in [0.1, 0.15) is 27.2 Å². The molecule has 0 saturated heterocycles. The number of halogens is 4. The number of hydrogen-bond acceptors (Lipinski definition) is 2. The molecule has 106 valence electrons. The smallest absolute Gasteiger partial charge is 0.231 e. The van der Waals surface area contributed by atoms with Crippen LogP contribution in [0.5, 0.6) is 0 Å². The van der Waals surface area contributed by atoms with Gasteiger partial charge in [-0.15, -0.1) is 23.5 Å². The number of rotatable bonds is 4. The van der Waals surface area contributed by atoms with Crippen LogP contribution in [0.4, 0.5) is 17.6 Å². The van der Waals surface area contributed by atoms with Crippen molar-refractivity contribution in [1.29, 1.82) is 0 Å². The largest absolute Gasteiger partial charge is 0.425 e. The third-order valence-electron chi connectivity index (χ3n) is 3.16. The second-order valence-electron chi connectivity index (χ2n) is 4.25. The molecule has 0 N–H and O–H groups in total. The van der Waals surface area contributed by atoms with Gasteiger partial charge in [-0.3, -0.25) is 0 Å². The molecule has 0 nitrogen and oxygen atoms in total. The molecule has 0 aliphatic heterocycles. The van der Waals surface area contributed by atoms with Gasteiger partial charge in [0.25, 0.3) is 0 Å². The first-order chi connectivity index (χ1) is 8.25. The van der Waals surface area contributed by atoms with Crippen molar-refractivity contribution in [3.63, 3.8) is 0 Å². The molecule has 0 saturated carbocycles. The lowest BCUT2D eigenvalue weighted by atomic mass is 9.80. The summed E-state index contributed by atoms with van der Waals surface area (Å²) in [6.45, 7) is 4.84. The maximum Gasteiger partial charge on any atom is 0.425 e. The van der Waals surface area contributed by atoms with Gasteiger partial charge in [0.15, 0.2) is 0 Å². The Morgan fingerprint density at radius 1 is 1.22 bits per heavy atom. The number of allylic oxidation sites excluding steroid dienone is 2. The predicted molar refractivity (Wildman–Crippen MR) is 71.8 cm³/mol. The van der Waals surface area contributed by atoms with Gasteiger partial charge in [-0.2, -0.15) is 13.2 Å². The Morgan fingerprint density at radius 3 is 2.11 bits per heavy atom. The van der Waals surface area contributed by atoms with Crippen molar-refractivity contribution in [1.82, 2.24) is 0 Å². The highest BCUT2D eigenvalue weighted by molar-refractivity contribution is 8.18. The fourth-order valence-corrected chi connectivity index (χ4v) is 5.79. The van der Waals surface area contributed by atoms with Gasteiger partial charge in [0.1, 0.15) is 4.08 Å². The highest BCUT2D eigenvalue weighted by Gasteiger charge is 2.71. The first-order valence-corrected chi connectivity index (χ1v) is 7.92. The Bertz CT molecular complexity index is 308. The zero-order valence-electron chi connectivity index (χ0n) is 10.7. The third kappa shape index (κ3) is 2.42. The summed E-state index contributed by atoms with van der Waals surface area (Å²) in [5.74, 6) is -0.214. The quantitative estimate of drug-likeness (QED) is 0.404. The van der Waals surface area contributed by atoms with Crippen molar-refractivity contribution in [3.8, 4) is 0 Å². The highest BCUT2D eigenvalue weighted by Crippen LogP contribution is 2.61. The summed E-state index contributed by atoms with van der Waals surface area (Å²) in [4.78, 5) is 0. The van der Waals surface area contributed by atoms with E-state index in [1.165, 1.54) is 13.0 Å². The lowest BCUT2D eigenvalue weighted by Crippen LogP contribution is -2.61. The maximum absolute atomic E-state index is 14.9. The van der Waals surface area contributed by atoms with Crippen molar-refractivity contribution in [3.05, 3.63) is 12.2 Å². The van der Waals surface area contributed by atoms with Gasteiger partial charge >= 0.3 is 6.18 Å². The van der Waals surface area contributed by atoms with Crippen molar-refractivity contribution in [2.24, 2.45) is 5.92 Å². The minimum Gasteiger partial charge on any atom is -0.231 e.